The predicted octanol–water partition coefficient (Wildman–Crippen LogP) is 0.918. The molecule has 10 heteroatoms. The summed E-state index contributed by atoms with van der Waals surface area (Å²) in [6.45, 7) is 3.33. The van der Waals surface area contributed by atoms with Gasteiger partial charge < -0.3 is 31.3 Å². The molecule has 0 fully saturated rings. The minimum absolute atomic E-state index is 0.0653. The molecular formula is C23H25BN6O3. The molecule has 0 saturated heterocycles. The molecule has 0 bridgehead atoms. The number of carbonyl (C=O) groups excluding carboxylic acids is 1. The number of nitrogens with one attached hydrogen (secondary N) is 2. The van der Waals surface area contributed by atoms with Crippen molar-refractivity contribution in [3.8, 4) is 0 Å². The molecule has 0 saturated carbocycles. The molecule has 1 aromatic heterocycles. The monoisotopic (exact) mass is 444 g/mol. The maximum atomic E-state index is 11.9. The second-order valence-corrected chi connectivity index (χ2v) is 8.44. The third kappa shape index (κ3) is 3.87. The molecule has 9 nitrogen and oxygen atoms in total. The third-order valence-electron chi connectivity index (χ3n) is 6.20. The van der Waals surface area contributed by atoms with E-state index in [0.29, 0.717) is 29.9 Å². The first-order chi connectivity index (χ1) is 15.9. The van der Waals surface area contributed by atoms with Gasteiger partial charge in [-0.15, -0.1) is 0 Å². The number of anilines is 4. The highest BCUT2D eigenvalue weighted by atomic mass is 16.4. The standard InChI is InChI=1S/C23H25BN6O3/c1-13-10-18-16(20(25)31)6-3-7-19(18)30(13)23-28-21-17(8-9-26-21)22(29-23)27-12-14-4-2-5-15(11-14)24(32)33/h2-7,11,13,32-33H,8-10,12H2,1H3,(H2,25,31)(H2,26,27,28,29). The summed E-state index contributed by atoms with van der Waals surface area (Å²) >= 11 is 0. The smallest absolute Gasteiger partial charge is 0.423 e. The van der Waals surface area contributed by atoms with Crippen LogP contribution in [-0.4, -0.2) is 45.6 Å². The number of hydrogen-bond donors (Lipinski definition) is 5. The molecular weight excluding hydrogens is 419 g/mol. The van der Waals surface area contributed by atoms with Crippen LogP contribution in [0.5, 0.6) is 0 Å². The van der Waals surface area contributed by atoms with Crippen molar-refractivity contribution in [3.05, 3.63) is 64.7 Å². The minimum atomic E-state index is -1.51. The second-order valence-electron chi connectivity index (χ2n) is 8.44. The molecule has 6 N–H and O–H groups in total. The Morgan fingerprint density at radius 1 is 1.24 bits per heavy atom. The van der Waals surface area contributed by atoms with Crippen LogP contribution >= 0.6 is 0 Å². The van der Waals surface area contributed by atoms with Crippen molar-refractivity contribution < 1.29 is 14.8 Å². The first-order valence-electron chi connectivity index (χ1n) is 11.0. The van der Waals surface area contributed by atoms with Gasteiger partial charge in [0.25, 0.3) is 0 Å². The molecule has 0 aliphatic carbocycles. The molecule has 1 atom stereocenters. The number of benzene rings is 2. The van der Waals surface area contributed by atoms with Gasteiger partial charge in [0.05, 0.1) is 0 Å². The number of rotatable bonds is 6. The maximum absolute atomic E-state index is 11.9. The Balaban J connectivity index is 1.49. The van der Waals surface area contributed by atoms with E-state index < -0.39 is 13.0 Å². The average molecular weight is 444 g/mol. The lowest BCUT2D eigenvalue weighted by molar-refractivity contribution is 0.0999. The molecule has 168 valence electrons. The third-order valence-corrected chi connectivity index (χ3v) is 6.20. The Morgan fingerprint density at radius 2 is 2.06 bits per heavy atom. The number of carbonyl (C=O) groups is 1. The van der Waals surface area contributed by atoms with Gasteiger partial charge in [0, 0.05) is 35.9 Å². The van der Waals surface area contributed by atoms with Gasteiger partial charge in [0.15, 0.2) is 0 Å². The van der Waals surface area contributed by atoms with E-state index in [1.165, 1.54) is 0 Å². The van der Waals surface area contributed by atoms with E-state index in [1.807, 2.05) is 18.2 Å². The van der Waals surface area contributed by atoms with Crippen molar-refractivity contribution in [1.82, 2.24) is 9.97 Å². The van der Waals surface area contributed by atoms with E-state index in [0.717, 1.165) is 47.0 Å². The Morgan fingerprint density at radius 3 is 2.85 bits per heavy atom. The first kappa shape index (κ1) is 21.2. The second kappa shape index (κ2) is 8.38. The van der Waals surface area contributed by atoms with E-state index in [1.54, 1.807) is 24.3 Å². The Kier molecular flexibility index (Phi) is 5.39. The van der Waals surface area contributed by atoms with Crippen LogP contribution in [0.25, 0.3) is 0 Å². The minimum Gasteiger partial charge on any atom is -0.423 e. The maximum Gasteiger partial charge on any atom is 0.488 e. The summed E-state index contributed by atoms with van der Waals surface area (Å²) in [5.41, 5.74) is 10.3. The lowest BCUT2D eigenvalue weighted by Crippen LogP contribution is -2.30. The van der Waals surface area contributed by atoms with Crippen molar-refractivity contribution in [2.24, 2.45) is 5.73 Å². The topological polar surface area (TPSA) is 137 Å². The van der Waals surface area contributed by atoms with E-state index in [4.69, 9.17) is 15.7 Å². The van der Waals surface area contributed by atoms with Crippen LogP contribution in [0.4, 0.5) is 23.3 Å². The van der Waals surface area contributed by atoms with Gasteiger partial charge >= 0.3 is 7.12 Å². The number of hydrogen-bond acceptors (Lipinski definition) is 8. The lowest BCUT2D eigenvalue weighted by atomic mass is 9.79. The van der Waals surface area contributed by atoms with Crippen LogP contribution in [0.3, 0.4) is 0 Å². The molecule has 1 amide bonds. The zero-order valence-electron chi connectivity index (χ0n) is 18.2. The Bertz CT molecular complexity index is 1230. The van der Waals surface area contributed by atoms with Gasteiger partial charge in [-0.1, -0.05) is 30.3 Å². The van der Waals surface area contributed by atoms with Crippen molar-refractivity contribution in [2.45, 2.75) is 32.4 Å². The molecule has 0 spiro atoms. The molecule has 2 aliphatic rings. The van der Waals surface area contributed by atoms with Crippen LogP contribution in [0.1, 0.15) is 34.0 Å². The van der Waals surface area contributed by atoms with Gasteiger partial charge in [0.1, 0.15) is 11.6 Å². The number of nitrogens with two attached hydrogens (primary N) is 1. The van der Waals surface area contributed by atoms with Gasteiger partial charge in [0.2, 0.25) is 11.9 Å². The number of amides is 1. The largest absolute Gasteiger partial charge is 0.488 e. The summed E-state index contributed by atoms with van der Waals surface area (Å²) in [7, 11) is -1.51. The van der Waals surface area contributed by atoms with Gasteiger partial charge in [-0.2, -0.15) is 9.97 Å². The SMILES string of the molecule is CC1Cc2c(C(N)=O)cccc2N1c1nc2c(c(NCc3cccc(B(O)O)c3)n1)CCN2. The molecule has 3 aromatic rings. The van der Waals surface area contributed by atoms with Gasteiger partial charge in [-0.05, 0) is 48.5 Å². The molecule has 3 heterocycles. The van der Waals surface area contributed by atoms with E-state index in [9.17, 15) is 14.8 Å². The van der Waals surface area contributed by atoms with Crippen molar-refractivity contribution in [3.63, 3.8) is 0 Å². The highest BCUT2D eigenvalue weighted by Gasteiger charge is 2.33. The van der Waals surface area contributed by atoms with E-state index in [2.05, 4.69) is 22.5 Å². The summed E-state index contributed by atoms with van der Waals surface area (Å²) in [4.78, 5) is 23.6. The zero-order valence-corrected chi connectivity index (χ0v) is 18.2. The van der Waals surface area contributed by atoms with Crippen LogP contribution in [0.2, 0.25) is 0 Å². The van der Waals surface area contributed by atoms with Gasteiger partial charge in [-0.25, -0.2) is 0 Å². The zero-order chi connectivity index (χ0) is 23.1. The highest BCUT2D eigenvalue weighted by Crippen LogP contribution is 2.40. The number of fused-ring (bicyclic) bond motifs is 2. The average Bonchev–Trinajstić information content (AvgIpc) is 3.40. The quantitative estimate of drug-likeness (QED) is 0.354. The van der Waals surface area contributed by atoms with Gasteiger partial charge in [-0.3, -0.25) is 4.79 Å². The fraction of sp³-hybridized carbons (Fsp3) is 0.261. The Hall–Kier alpha value is -3.63. The number of primary amides is 1. The summed E-state index contributed by atoms with van der Waals surface area (Å²) in [5.74, 6) is 1.66. The Labute approximate surface area is 191 Å². The van der Waals surface area contributed by atoms with Crippen molar-refractivity contribution in [1.29, 1.82) is 0 Å². The van der Waals surface area contributed by atoms with E-state index >= 15 is 0 Å². The molecule has 33 heavy (non-hydrogen) atoms. The van der Waals surface area contributed by atoms with Crippen LogP contribution in [-0.2, 0) is 19.4 Å². The van der Waals surface area contributed by atoms with E-state index in [-0.39, 0.29) is 6.04 Å². The van der Waals surface area contributed by atoms with Crippen LogP contribution in [0.15, 0.2) is 42.5 Å². The molecule has 0 radical (unpaired) electrons. The van der Waals surface area contributed by atoms with Crippen molar-refractivity contribution in [2.75, 3.05) is 22.1 Å². The molecule has 2 aliphatic heterocycles. The summed E-state index contributed by atoms with van der Waals surface area (Å²) in [5, 5.41) is 25.6. The number of aromatic nitrogens is 2. The highest BCUT2D eigenvalue weighted by molar-refractivity contribution is 6.58. The number of nitrogens with zero attached hydrogens (tertiary/aromatic N) is 3. The van der Waals surface area contributed by atoms with Crippen LogP contribution < -0.4 is 26.7 Å². The van der Waals surface area contributed by atoms with Crippen LogP contribution in [0, 0.1) is 0 Å². The fourth-order valence-electron chi connectivity index (χ4n) is 4.64. The molecule has 1 unspecified atom stereocenters. The summed E-state index contributed by atoms with van der Waals surface area (Å²) < 4.78 is 0. The summed E-state index contributed by atoms with van der Waals surface area (Å²) in [6, 6.07) is 12.8. The first-order valence-corrected chi connectivity index (χ1v) is 11.0. The molecule has 2 aromatic carbocycles. The van der Waals surface area contributed by atoms with Crippen molar-refractivity contribution >= 4 is 41.8 Å². The fourth-order valence-corrected chi connectivity index (χ4v) is 4.64. The normalized spacial score (nSPS) is 16.2. The molecule has 5 rings (SSSR count). The predicted molar refractivity (Wildman–Crippen MR) is 128 cm³/mol. The summed E-state index contributed by atoms with van der Waals surface area (Å²) in [6.07, 6.45) is 1.49. The lowest BCUT2D eigenvalue weighted by Gasteiger charge is -2.24.